The molecule has 0 radical (unpaired) electrons. The van der Waals surface area contributed by atoms with E-state index in [4.69, 9.17) is 4.74 Å². The van der Waals surface area contributed by atoms with Crippen LogP contribution in [0, 0.1) is 0 Å². The van der Waals surface area contributed by atoms with Gasteiger partial charge in [-0.3, -0.25) is 0 Å². The van der Waals surface area contributed by atoms with E-state index in [1.807, 2.05) is 0 Å². The van der Waals surface area contributed by atoms with Crippen molar-refractivity contribution in [3.63, 3.8) is 0 Å². The number of nitrogens with zero attached hydrogens (tertiary/aromatic N) is 2. The lowest BCUT2D eigenvalue weighted by Crippen LogP contribution is -2.41. The summed E-state index contributed by atoms with van der Waals surface area (Å²) in [5.41, 5.74) is -1.51. The van der Waals surface area contributed by atoms with Gasteiger partial charge >= 0.3 is 12.3 Å². The van der Waals surface area contributed by atoms with Gasteiger partial charge in [0.15, 0.2) is 0 Å². The molecular weight excluding hydrogens is 311 g/mol. The highest BCUT2D eigenvalue weighted by Crippen LogP contribution is 2.27. The van der Waals surface area contributed by atoms with Crippen LogP contribution < -0.4 is 5.32 Å². The summed E-state index contributed by atoms with van der Waals surface area (Å²) in [6, 6.07) is -0.171. The Morgan fingerprint density at radius 1 is 1.35 bits per heavy atom. The number of carbonyl (C=O) groups excluding carboxylic acids is 1. The van der Waals surface area contributed by atoms with Crippen molar-refractivity contribution in [3.8, 4) is 0 Å². The molecule has 5 nitrogen and oxygen atoms in total. The molecule has 1 amide bonds. The molecule has 0 bridgehead atoms. The Balaban J connectivity index is 2.62. The van der Waals surface area contributed by atoms with E-state index in [0.29, 0.717) is 19.5 Å². The summed E-state index contributed by atoms with van der Waals surface area (Å²) in [4.78, 5) is 17.1. The first-order valence-corrected chi connectivity index (χ1v) is 7.45. The van der Waals surface area contributed by atoms with Gasteiger partial charge in [0.05, 0.1) is 6.04 Å². The highest BCUT2D eigenvalue weighted by molar-refractivity contribution is 5.81. The van der Waals surface area contributed by atoms with Gasteiger partial charge in [-0.2, -0.15) is 13.2 Å². The molecule has 0 unspecified atom stereocenters. The number of alkyl halides is 3. The molecule has 0 aliphatic carbocycles. The summed E-state index contributed by atoms with van der Waals surface area (Å²) in [6.07, 6.45) is -3.42. The maximum atomic E-state index is 12.7. The Morgan fingerprint density at radius 2 is 1.96 bits per heavy atom. The number of hydrogen-bond donors (Lipinski definition) is 1. The Morgan fingerprint density at radius 3 is 2.43 bits per heavy atom. The van der Waals surface area contributed by atoms with Crippen molar-refractivity contribution in [3.05, 3.63) is 11.8 Å². The molecule has 1 saturated heterocycles. The molecule has 0 aromatic carbocycles. The first kappa shape index (κ1) is 19.3. The molecule has 1 aliphatic rings. The van der Waals surface area contributed by atoms with Gasteiger partial charge in [0, 0.05) is 13.1 Å². The number of ether oxygens (including phenoxy) is 1. The van der Waals surface area contributed by atoms with Gasteiger partial charge in [0.1, 0.15) is 17.1 Å². The number of amidine groups is 1. The Bertz CT molecular complexity index is 493. The van der Waals surface area contributed by atoms with Crippen LogP contribution in [0.25, 0.3) is 0 Å². The van der Waals surface area contributed by atoms with Gasteiger partial charge in [0.25, 0.3) is 0 Å². The summed E-state index contributed by atoms with van der Waals surface area (Å²) in [5, 5.41) is 2.72. The van der Waals surface area contributed by atoms with Crippen LogP contribution in [0.4, 0.5) is 18.0 Å². The number of rotatable bonds is 2. The number of alkyl carbamates (subject to hydrolysis) is 1. The fourth-order valence-electron chi connectivity index (χ4n) is 2.18. The zero-order valence-corrected chi connectivity index (χ0v) is 14.1. The number of aliphatic imine (C=N–C) groups is 1. The second kappa shape index (κ2) is 7.23. The molecule has 132 valence electrons. The summed E-state index contributed by atoms with van der Waals surface area (Å²) in [5.74, 6) is 0.281. The van der Waals surface area contributed by atoms with E-state index < -0.39 is 23.6 Å². The van der Waals surface area contributed by atoms with Crippen LogP contribution >= 0.6 is 0 Å². The molecule has 1 heterocycles. The standard InChI is InChI=1S/C15H24F3N3O2/c1-6-12(15(16,17)18)19-10(2)21-8-7-11(9-21)20-13(22)23-14(3,4)5/h6,11H,7-9H2,1-5H3,(H,20,22)/b12-6-,19-10?/t11-/m1/s1. The van der Waals surface area contributed by atoms with Crippen molar-refractivity contribution in [1.82, 2.24) is 10.2 Å². The van der Waals surface area contributed by atoms with Crippen molar-refractivity contribution in [2.45, 2.75) is 58.9 Å². The van der Waals surface area contributed by atoms with Crippen LogP contribution in [-0.2, 0) is 4.74 Å². The van der Waals surface area contributed by atoms with Crippen LogP contribution in [0.15, 0.2) is 16.8 Å². The maximum absolute atomic E-state index is 12.7. The van der Waals surface area contributed by atoms with E-state index in [-0.39, 0.29) is 11.9 Å². The number of hydrogen-bond acceptors (Lipinski definition) is 3. The predicted octanol–water partition coefficient (Wildman–Crippen LogP) is 3.47. The van der Waals surface area contributed by atoms with Crippen LogP contribution in [0.1, 0.15) is 41.0 Å². The van der Waals surface area contributed by atoms with Gasteiger partial charge in [-0.05, 0) is 41.0 Å². The third-order valence-corrected chi connectivity index (χ3v) is 3.21. The highest BCUT2D eigenvalue weighted by atomic mass is 19.4. The summed E-state index contributed by atoms with van der Waals surface area (Å²) in [6.45, 7) is 9.07. The number of allylic oxidation sites excluding steroid dienone is 2. The summed E-state index contributed by atoms with van der Waals surface area (Å²) >= 11 is 0. The lowest BCUT2D eigenvalue weighted by atomic mass is 10.2. The molecule has 0 aromatic rings. The lowest BCUT2D eigenvalue weighted by molar-refractivity contribution is -0.0925. The Kier molecular flexibility index (Phi) is 6.07. The minimum Gasteiger partial charge on any atom is -0.444 e. The molecular formula is C15H24F3N3O2. The van der Waals surface area contributed by atoms with Gasteiger partial charge in [-0.15, -0.1) is 0 Å². The molecule has 23 heavy (non-hydrogen) atoms. The topological polar surface area (TPSA) is 53.9 Å². The molecule has 0 spiro atoms. The first-order valence-electron chi connectivity index (χ1n) is 7.45. The average Bonchev–Trinajstić information content (AvgIpc) is 2.80. The minimum atomic E-state index is -4.47. The normalized spacial score (nSPS) is 20.7. The van der Waals surface area contributed by atoms with Crippen molar-refractivity contribution < 1.29 is 22.7 Å². The molecule has 1 atom stereocenters. The summed E-state index contributed by atoms with van der Waals surface area (Å²) in [7, 11) is 0. The second-order valence-corrected chi connectivity index (χ2v) is 6.41. The van der Waals surface area contributed by atoms with E-state index in [1.54, 1.807) is 25.7 Å². The number of nitrogens with one attached hydrogen (secondary N) is 1. The van der Waals surface area contributed by atoms with Gasteiger partial charge < -0.3 is 15.0 Å². The molecule has 0 aromatic heterocycles. The molecule has 1 aliphatic heterocycles. The van der Waals surface area contributed by atoms with Crippen molar-refractivity contribution >= 4 is 11.9 Å². The number of carbonyl (C=O) groups is 1. The van der Waals surface area contributed by atoms with Crippen LogP contribution in [-0.4, -0.2) is 47.7 Å². The Hall–Kier alpha value is -1.73. The van der Waals surface area contributed by atoms with E-state index in [9.17, 15) is 18.0 Å². The minimum absolute atomic E-state index is 0.171. The molecule has 8 heteroatoms. The average molecular weight is 335 g/mol. The van der Waals surface area contributed by atoms with Crippen molar-refractivity contribution in [2.75, 3.05) is 13.1 Å². The van der Waals surface area contributed by atoms with Crippen molar-refractivity contribution in [2.24, 2.45) is 4.99 Å². The SMILES string of the molecule is C/C=C(\N=C(C)N1CC[C@@H](NC(=O)OC(C)(C)C)C1)C(F)(F)F. The molecule has 1 N–H and O–H groups in total. The molecule has 1 fully saturated rings. The quantitative estimate of drug-likeness (QED) is 0.621. The van der Waals surface area contributed by atoms with Gasteiger partial charge in [-0.25, -0.2) is 9.79 Å². The first-order chi connectivity index (χ1) is 10.4. The van der Waals surface area contributed by atoms with E-state index in [1.165, 1.54) is 13.8 Å². The van der Waals surface area contributed by atoms with Crippen LogP contribution in [0.2, 0.25) is 0 Å². The fourth-order valence-corrected chi connectivity index (χ4v) is 2.18. The number of amides is 1. The van der Waals surface area contributed by atoms with Gasteiger partial charge in [-0.1, -0.05) is 6.08 Å². The third-order valence-electron chi connectivity index (χ3n) is 3.21. The zero-order valence-electron chi connectivity index (χ0n) is 14.1. The van der Waals surface area contributed by atoms with Crippen LogP contribution in [0.5, 0.6) is 0 Å². The largest absolute Gasteiger partial charge is 0.444 e. The van der Waals surface area contributed by atoms with Crippen LogP contribution in [0.3, 0.4) is 0 Å². The maximum Gasteiger partial charge on any atom is 0.433 e. The Labute approximate surface area is 134 Å². The molecule has 0 saturated carbocycles. The number of likely N-dealkylation sites (tertiary alicyclic amines) is 1. The van der Waals surface area contributed by atoms with E-state index in [2.05, 4.69) is 10.3 Å². The zero-order chi connectivity index (χ0) is 17.8. The van der Waals surface area contributed by atoms with E-state index >= 15 is 0 Å². The summed E-state index contributed by atoms with van der Waals surface area (Å²) < 4.78 is 43.3. The third kappa shape index (κ3) is 6.50. The van der Waals surface area contributed by atoms with Gasteiger partial charge in [0.2, 0.25) is 0 Å². The fraction of sp³-hybridized carbons (Fsp3) is 0.733. The lowest BCUT2D eigenvalue weighted by Gasteiger charge is -2.22. The van der Waals surface area contributed by atoms with Crippen molar-refractivity contribution in [1.29, 1.82) is 0 Å². The molecule has 1 rings (SSSR count). The predicted molar refractivity (Wildman–Crippen MR) is 82.3 cm³/mol. The smallest absolute Gasteiger partial charge is 0.433 e. The second-order valence-electron chi connectivity index (χ2n) is 6.41. The number of halogens is 3. The highest BCUT2D eigenvalue weighted by Gasteiger charge is 2.34. The monoisotopic (exact) mass is 335 g/mol. The van der Waals surface area contributed by atoms with E-state index in [0.717, 1.165) is 6.08 Å².